The van der Waals surface area contributed by atoms with E-state index in [0.29, 0.717) is 11.0 Å². The van der Waals surface area contributed by atoms with Gasteiger partial charge in [0.2, 0.25) is 0 Å². The molecule has 0 saturated carbocycles. The van der Waals surface area contributed by atoms with Crippen molar-refractivity contribution in [2.24, 2.45) is 5.73 Å². The Morgan fingerprint density at radius 3 is 3.00 bits per heavy atom. The van der Waals surface area contributed by atoms with Crippen LogP contribution in [0, 0.1) is 10.1 Å². The van der Waals surface area contributed by atoms with Crippen molar-refractivity contribution in [3.05, 3.63) is 33.4 Å². The minimum atomic E-state index is -1.06. The van der Waals surface area contributed by atoms with E-state index in [2.05, 4.69) is 0 Å². The van der Waals surface area contributed by atoms with Gasteiger partial charge in [0.15, 0.2) is 0 Å². The highest BCUT2D eigenvalue weighted by Crippen LogP contribution is 2.21. The molecule has 3 N–H and O–H groups in total. The summed E-state index contributed by atoms with van der Waals surface area (Å²) in [5.41, 5.74) is 7.01. The lowest BCUT2D eigenvalue weighted by Gasteiger charge is -2.03. The van der Waals surface area contributed by atoms with Gasteiger partial charge in [-0.3, -0.25) is 10.1 Å². The molecule has 0 fully saturated rings. The van der Waals surface area contributed by atoms with Crippen molar-refractivity contribution in [2.45, 2.75) is 13.2 Å². The summed E-state index contributed by atoms with van der Waals surface area (Å²) in [4.78, 5) is 10.2. The molecule has 0 atom stereocenters. The smallest absolute Gasteiger partial charge is 0.423 e. The molecule has 1 aliphatic heterocycles. The molecule has 6 nitrogen and oxygen atoms in total. The zero-order valence-electron chi connectivity index (χ0n) is 7.84. The topological polar surface area (TPSA) is 98.6 Å². The fourth-order valence-electron chi connectivity index (χ4n) is 1.65. The number of rotatable bonds is 2. The van der Waals surface area contributed by atoms with Crippen LogP contribution in [0.2, 0.25) is 0 Å². The van der Waals surface area contributed by atoms with Crippen molar-refractivity contribution in [1.82, 2.24) is 0 Å². The molecule has 0 unspecified atom stereocenters. The van der Waals surface area contributed by atoms with Crippen molar-refractivity contribution < 1.29 is 14.6 Å². The lowest BCUT2D eigenvalue weighted by atomic mass is 9.78. The third kappa shape index (κ3) is 1.60. The molecule has 0 amide bonds. The van der Waals surface area contributed by atoms with Crippen LogP contribution in [-0.2, 0) is 17.8 Å². The summed E-state index contributed by atoms with van der Waals surface area (Å²) in [5, 5.41) is 20.1. The van der Waals surface area contributed by atoms with E-state index in [9.17, 15) is 15.1 Å². The van der Waals surface area contributed by atoms with Crippen LogP contribution in [0.1, 0.15) is 11.1 Å². The van der Waals surface area contributed by atoms with Crippen LogP contribution in [0.3, 0.4) is 0 Å². The van der Waals surface area contributed by atoms with Gasteiger partial charge in [0.25, 0.3) is 5.69 Å². The predicted molar refractivity (Wildman–Crippen MR) is 53.4 cm³/mol. The maximum Gasteiger partial charge on any atom is 0.492 e. The van der Waals surface area contributed by atoms with Gasteiger partial charge in [-0.05, 0) is 17.1 Å². The second-order valence-electron chi connectivity index (χ2n) is 3.30. The van der Waals surface area contributed by atoms with E-state index in [0.717, 1.165) is 5.56 Å². The van der Waals surface area contributed by atoms with Crippen LogP contribution in [0.15, 0.2) is 12.1 Å². The van der Waals surface area contributed by atoms with E-state index in [4.69, 9.17) is 10.4 Å². The molecule has 0 spiro atoms. The average molecular weight is 208 g/mol. The number of hydrogen-bond donors (Lipinski definition) is 2. The number of nitro groups is 1. The zero-order chi connectivity index (χ0) is 11.0. The van der Waals surface area contributed by atoms with E-state index in [1.165, 1.54) is 6.07 Å². The molecule has 7 heteroatoms. The molecule has 0 saturated heterocycles. The Bertz CT molecular complexity index is 423. The Morgan fingerprint density at radius 1 is 1.67 bits per heavy atom. The first-order valence-electron chi connectivity index (χ1n) is 4.43. The standard InChI is InChI=1S/C8H9BN2O4/c10-3-5-1-6-4-15-9(12)7(6)2-8(5)11(13)14/h1-2,12H,3-4,10H2. The lowest BCUT2D eigenvalue weighted by Crippen LogP contribution is -2.28. The number of fused-ring (bicyclic) bond motifs is 1. The first kappa shape index (κ1) is 10.1. The fourth-order valence-corrected chi connectivity index (χ4v) is 1.65. The molecule has 1 aromatic carbocycles. The lowest BCUT2D eigenvalue weighted by molar-refractivity contribution is -0.385. The largest absolute Gasteiger partial charge is 0.492 e. The normalized spacial score (nSPS) is 14.1. The summed E-state index contributed by atoms with van der Waals surface area (Å²) in [6, 6.07) is 2.94. The van der Waals surface area contributed by atoms with Gasteiger partial charge in [0, 0.05) is 18.2 Å². The van der Waals surface area contributed by atoms with E-state index in [-0.39, 0.29) is 18.8 Å². The van der Waals surface area contributed by atoms with Crippen LogP contribution >= 0.6 is 0 Å². The molecule has 1 aliphatic rings. The van der Waals surface area contributed by atoms with Gasteiger partial charge in [0.05, 0.1) is 11.5 Å². The Balaban J connectivity index is 2.56. The Morgan fingerprint density at radius 2 is 2.40 bits per heavy atom. The van der Waals surface area contributed by atoms with Gasteiger partial charge in [-0.25, -0.2) is 0 Å². The minimum Gasteiger partial charge on any atom is -0.423 e. The molecular weight excluding hydrogens is 199 g/mol. The van der Waals surface area contributed by atoms with E-state index >= 15 is 0 Å². The molecule has 0 aromatic heterocycles. The summed E-state index contributed by atoms with van der Waals surface area (Å²) in [6.07, 6.45) is 0. The van der Waals surface area contributed by atoms with Crippen LogP contribution < -0.4 is 11.2 Å². The molecule has 1 heterocycles. The molecule has 0 aliphatic carbocycles. The zero-order valence-corrected chi connectivity index (χ0v) is 7.84. The maximum atomic E-state index is 10.7. The fraction of sp³-hybridized carbons (Fsp3) is 0.250. The summed E-state index contributed by atoms with van der Waals surface area (Å²) < 4.78 is 4.95. The van der Waals surface area contributed by atoms with Gasteiger partial charge < -0.3 is 15.4 Å². The van der Waals surface area contributed by atoms with Crippen LogP contribution in [0.4, 0.5) is 5.69 Å². The predicted octanol–water partition coefficient (Wildman–Crippen LogP) is -0.729. The SMILES string of the molecule is NCc1cc2c(cc1[N+](=O)[O-])B(O)OC2. The van der Waals surface area contributed by atoms with E-state index in [1.807, 2.05) is 0 Å². The molecule has 0 bridgehead atoms. The first-order chi connectivity index (χ1) is 7.13. The highest BCUT2D eigenvalue weighted by atomic mass is 16.6. The van der Waals surface area contributed by atoms with Crippen molar-refractivity contribution in [3.8, 4) is 0 Å². The van der Waals surface area contributed by atoms with Crippen LogP contribution in [-0.4, -0.2) is 17.1 Å². The number of benzene rings is 1. The van der Waals surface area contributed by atoms with E-state index < -0.39 is 12.0 Å². The second-order valence-corrected chi connectivity index (χ2v) is 3.30. The maximum absolute atomic E-state index is 10.7. The van der Waals surface area contributed by atoms with Crippen LogP contribution in [0.5, 0.6) is 0 Å². The monoisotopic (exact) mass is 208 g/mol. The third-order valence-corrected chi connectivity index (χ3v) is 2.42. The van der Waals surface area contributed by atoms with Gasteiger partial charge in [0.1, 0.15) is 0 Å². The van der Waals surface area contributed by atoms with Gasteiger partial charge >= 0.3 is 7.12 Å². The van der Waals surface area contributed by atoms with Crippen molar-refractivity contribution in [1.29, 1.82) is 0 Å². The second kappa shape index (κ2) is 3.61. The molecule has 2 rings (SSSR count). The van der Waals surface area contributed by atoms with Crippen molar-refractivity contribution in [3.63, 3.8) is 0 Å². The Labute approximate surface area is 85.9 Å². The third-order valence-electron chi connectivity index (χ3n) is 2.42. The van der Waals surface area contributed by atoms with Crippen molar-refractivity contribution >= 4 is 18.3 Å². The highest BCUT2D eigenvalue weighted by molar-refractivity contribution is 6.61. The number of nitro benzene ring substituents is 1. The molecule has 0 radical (unpaired) electrons. The summed E-state index contributed by atoms with van der Waals surface area (Å²) >= 11 is 0. The van der Waals surface area contributed by atoms with Gasteiger partial charge in [-0.2, -0.15) is 0 Å². The van der Waals surface area contributed by atoms with Gasteiger partial charge in [-0.1, -0.05) is 0 Å². The number of nitrogens with two attached hydrogens (primary N) is 1. The number of hydrogen-bond acceptors (Lipinski definition) is 5. The average Bonchev–Trinajstić information content (AvgIpc) is 2.58. The number of nitrogens with zero attached hydrogens (tertiary/aromatic N) is 1. The van der Waals surface area contributed by atoms with E-state index in [1.54, 1.807) is 6.07 Å². The highest BCUT2D eigenvalue weighted by Gasteiger charge is 2.30. The summed E-state index contributed by atoms with van der Waals surface area (Å²) in [7, 11) is -1.06. The summed E-state index contributed by atoms with van der Waals surface area (Å²) in [5.74, 6) is 0. The molecule has 15 heavy (non-hydrogen) atoms. The first-order valence-corrected chi connectivity index (χ1v) is 4.43. The molecular formula is C8H9BN2O4. The Kier molecular flexibility index (Phi) is 2.43. The Hall–Kier alpha value is -1.44. The van der Waals surface area contributed by atoms with Crippen molar-refractivity contribution in [2.75, 3.05) is 0 Å². The quantitative estimate of drug-likeness (QED) is 0.379. The molecule has 1 aromatic rings. The molecule has 78 valence electrons. The summed E-state index contributed by atoms with van der Waals surface area (Å²) in [6.45, 7) is 0.362. The van der Waals surface area contributed by atoms with Crippen LogP contribution in [0.25, 0.3) is 0 Å². The van der Waals surface area contributed by atoms with Gasteiger partial charge in [-0.15, -0.1) is 0 Å². The minimum absolute atomic E-state index is 0.0687.